The van der Waals surface area contributed by atoms with Gasteiger partial charge in [-0.05, 0) is 25.5 Å². The van der Waals surface area contributed by atoms with Crippen LogP contribution in [0.3, 0.4) is 0 Å². The van der Waals surface area contributed by atoms with Crippen molar-refractivity contribution < 1.29 is 0 Å². The molecule has 1 heterocycles. The zero-order valence-corrected chi connectivity index (χ0v) is 8.49. The molecule has 3 nitrogen and oxygen atoms in total. The van der Waals surface area contributed by atoms with Gasteiger partial charge < -0.3 is 10.6 Å². The van der Waals surface area contributed by atoms with Crippen molar-refractivity contribution in [3.63, 3.8) is 0 Å². The Kier molecular flexibility index (Phi) is 3.25. The monoisotopic (exact) mass is 179 g/mol. The molecule has 0 aromatic carbocycles. The van der Waals surface area contributed by atoms with Crippen molar-refractivity contribution in [1.29, 1.82) is 0 Å². The van der Waals surface area contributed by atoms with Crippen molar-refractivity contribution in [1.82, 2.24) is 4.98 Å². The number of hydrogen-bond donors (Lipinski definition) is 1. The second-order valence-corrected chi connectivity index (χ2v) is 3.34. The number of hydrogen-bond acceptors (Lipinski definition) is 3. The molecule has 0 amide bonds. The van der Waals surface area contributed by atoms with E-state index in [1.807, 2.05) is 19.3 Å². The number of nitrogens with two attached hydrogens (primary N) is 1. The van der Waals surface area contributed by atoms with Crippen LogP contribution in [0.4, 0.5) is 5.82 Å². The second kappa shape index (κ2) is 4.23. The molecule has 0 saturated carbocycles. The molecule has 0 spiro atoms. The predicted octanol–water partition coefficient (Wildman–Crippen LogP) is 1.17. The molecule has 1 atom stereocenters. The van der Waals surface area contributed by atoms with Crippen LogP contribution in [0.25, 0.3) is 0 Å². The maximum atomic E-state index is 5.59. The van der Waals surface area contributed by atoms with E-state index in [0.717, 1.165) is 5.82 Å². The van der Waals surface area contributed by atoms with Gasteiger partial charge in [-0.1, -0.05) is 6.07 Å². The molecule has 3 heteroatoms. The zero-order chi connectivity index (χ0) is 9.84. The summed E-state index contributed by atoms with van der Waals surface area (Å²) in [6.07, 6.45) is 1.81. The molecule has 13 heavy (non-hydrogen) atoms. The molecule has 0 aliphatic heterocycles. The van der Waals surface area contributed by atoms with Gasteiger partial charge in [0.1, 0.15) is 5.82 Å². The molecule has 72 valence electrons. The lowest BCUT2D eigenvalue weighted by Gasteiger charge is -2.25. The Bertz CT molecular complexity index is 273. The molecule has 0 aliphatic rings. The SMILES string of the molecule is Cc1cccnc1N(C)C(C)CN. The molecule has 2 N–H and O–H groups in total. The van der Waals surface area contributed by atoms with E-state index in [-0.39, 0.29) is 0 Å². The first-order valence-corrected chi connectivity index (χ1v) is 4.51. The van der Waals surface area contributed by atoms with Gasteiger partial charge in [0.25, 0.3) is 0 Å². The smallest absolute Gasteiger partial charge is 0.131 e. The maximum Gasteiger partial charge on any atom is 0.131 e. The van der Waals surface area contributed by atoms with E-state index in [9.17, 15) is 0 Å². The van der Waals surface area contributed by atoms with Crippen LogP contribution in [0.2, 0.25) is 0 Å². The molecule has 0 bridgehead atoms. The first kappa shape index (κ1) is 9.99. The van der Waals surface area contributed by atoms with Crippen molar-refractivity contribution >= 4 is 5.82 Å². The molecular weight excluding hydrogens is 162 g/mol. The average Bonchev–Trinajstić information content (AvgIpc) is 2.16. The fourth-order valence-corrected chi connectivity index (χ4v) is 1.21. The predicted molar refractivity (Wildman–Crippen MR) is 55.9 cm³/mol. The van der Waals surface area contributed by atoms with Crippen molar-refractivity contribution in [3.05, 3.63) is 23.9 Å². The molecule has 0 saturated heterocycles. The molecule has 1 aromatic rings. The molecule has 1 rings (SSSR count). The summed E-state index contributed by atoms with van der Waals surface area (Å²) in [6, 6.07) is 4.33. The van der Waals surface area contributed by atoms with E-state index >= 15 is 0 Å². The van der Waals surface area contributed by atoms with Gasteiger partial charge in [0, 0.05) is 25.8 Å². The van der Waals surface area contributed by atoms with Crippen molar-refractivity contribution in [3.8, 4) is 0 Å². The fraction of sp³-hybridized carbons (Fsp3) is 0.500. The standard InChI is InChI=1S/C10H17N3/c1-8-5-4-6-12-10(8)13(3)9(2)7-11/h4-6,9H,7,11H2,1-3H3. The van der Waals surface area contributed by atoms with Gasteiger partial charge in [-0.3, -0.25) is 0 Å². The van der Waals surface area contributed by atoms with Gasteiger partial charge in [-0.25, -0.2) is 4.98 Å². The summed E-state index contributed by atoms with van der Waals surface area (Å²) in [5, 5.41) is 0. The highest BCUT2D eigenvalue weighted by molar-refractivity contribution is 5.45. The van der Waals surface area contributed by atoms with E-state index < -0.39 is 0 Å². The minimum atomic E-state index is 0.327. The molecule has 0 radical (unpaired) electrons. The number of likely N-dealkylation sites (N-methyl/N-ethyl adjacent to an activating group) is 1. The Labute approximate surface area is 79.6 Å². The third kappa shape index (κ3) is 2.18. The van der Waals surface area contributed by atoms with Gasteiger partial charge >= 0.3 is 0 Å². The number of nitrogens with zero attached hydrogens (tertiary/aromatic N) is 2. The molecule has 0 aliphatic carbocycles. The summed E-state index contributed by atoms with van der Waals surface area (Å²) >= 11 is 0. The van der Waals surface area contributed by atoms with E-state index in [4.69, 9.17) is 5.73 Å². The summed E-state index contributed by atoms with van der Waals surface area (Å²) in [4.78, 5) is 6.42. The normalized spacial score (nSPS) is 12.6. The maximum absolute atomic E-state index is 5.59. The minimum absolute atomic E-state index is 0.327. The Morgan fingerprint density at radius 1 is 1.62 bits per heavy atom. The second-order valence-electron chi connectivity index (χ2n) is 3.34. The third-order valence-electron chi connectivity index (χ3n) is 2.32. The van der Waals surface area contributed by atoms with Crippen molar-refractivity contribution in [2.24, 2.45) is 5.73 Å². The summed E-state index contributed by atoms with van der Waals surface area (Å²) < 4.78 is 0. The van der Waals surface area contributed by atoms with Crippen LogP contribution in [0.1, 0.15) is 12.5 Å². The van der Waals surface area contributed by atoms with E-state index in [1.54, 1.807) is 0 Å². The number of anilines is 1. The number of aromatic nitrogens is 1. The van der Waals surface area contributed by atoms with Crippen LogP contribution in [-0.4, -0.2) is 24.6 Å². The Hall–Kier alpha value is -1.09. The summed E-state index contributed by atoms with van der Waals surface area (Å²) in [5.74, 6) is 1.01. The lowest BCUT2D eigenvalue weighted by Crippen LogP contribution is -2.36. The van der Waals surface area contributed by atoms with E-state index in [0.29, 0.717) is 12.6 Å². The highest BCUT2D eigenvalue weighted by Gasteiger charge is 2.10. The lowest BCUT2D eigenvalue weighted by molar-refractivity contribution is 0.685. The van der Waals surface area contributed by atoms with Gasteiger partial charge in [0.05, 0.1) is 0 Å². The lowest BCUT2D eigenvalue weighted by atomic mass is 10.2. The van der Waals surface area contributed by atoms with Crippen molar-refractivity contribution in [2.75, 3.05) is 18.5 Å². The quantitative estimate of drug-likeness (QED) is 0.757. The highest BCUT2D eigenvalue weighted by Crippen LogP contribution is 2.15. The van der Waals surface area contributed by atoms with E-state index in [1.165, 1.54) is 5.56 Å². The van der Waals surface area contributed by atoms with Gasteiger partial charge in [-0.15, -0.1) is 0 Å². The highest BCUT2D eigenvalue weighted by atomic mass is 15.2. The number of rotatable bonds is 3. The summed E-state index contributed by atoms with van der Waals surface area (Å²) in [5.41, 5.74) is 6.78. The zero-order valence-electron chi connectivity index (χ0n) is 8.49. The third-order valence-corrected chi connectivity index (χ3v) is 2.32. The van der Waals surface area contributed by atoms with Gasteiger partial charge in [0.15, 0.2) is 0 Å². The van der Waals surface area contributed by atoms with Crippen LogP contribution in [0, 0.1) is 6.92 Å². The first-order valence-electron chi connectivity index (χ1n) is 4.51. The Morgan fingerprint density at radius 3 is 2.85 bits per heavy atom. The largest absolute Gasteiger partial charge is 0.355 e. The topological polar surface area (TPSA) is 42.2 Å². The number of pyridine rings is 1. The summed E-state index contributed by atoms with van der Waals surface area (Å²) in [6.45, 7) is 4.79. The van der Waals surface area contributed by atoms with Crippen LogP contribution in [-0.2, 0) is 0 Å². The van der Waals surface area contributed by atoms with Gasteiger partial charge in [-0.2, -0.15) is 0 Å². The molecule has 1 aromatic heterocycles. The molecule has 0 fully saturated rings. The van der Waals surface area contributed by atoms with Crippen LogP contribution in [0.15, 0.2) is 18.3 Å². The van der Waals surface area contributed by atoms with Crippen LogP contribution >= 0.6 is 0 Å². The minimum Gasteiger partial charge on any atom is -0.355 e. The van der Waals surface area contributed by atoms with Gasteiger partial charge in [0.2, 0.25) is 0 Å². The molecule has 1 unspecified atom stereocenters. The number of aryl methyl sites for hydroxylation is 1. The van der Waals surface area contributed by atoms with Crippen LogP contribution in [0.5, 0.6) is 0 Å². The molecular formula is C10H17N3. The fourth-order valence-electron chi connectivity index (χ4n) is 1.21. The first-order chi connectivity index (χ1) is 6.16. The Morgan fingerprint density at radius 2 is 2.31 bits per heavy atom. The van der Waals surface area contributed by atoms with Crippen LogP contribution < -0.4 is 10.6 Å². The Balaban J connectivity index is 2.88. The van der Waals surface area contributed by atoms with Crippen molar-refractivity contribution in [2.45, 2.75) is 19.9 Å². The average molecular weight is 179 g/mol. The van der Waals surface area contributed by atoms with E-state index in [2.05, 4.69) is 29.8 Å². The summed E-state index contributed by atoms with van der Waals surface area (Å²) in [7, 11) is 2.02.